The average Bonchev–Trinajstić information content (AvgIpc) is 2.20. The van der Waals surface area contributed by atoms with E-state index in [4.69, 9.17) is 5.11 Å². The molecule has 2 atom stereocenters. The highest BCUT2D eigenvalue weighted by Gasteiger charge is 2.25. The highest BCUT2D eigenvalue weighted by atomic mass is 19.1. The quantitative estimate of drug-likeness (QED) is 0.716. The predicted octanol–water partition coefficient (Wildman–Crippen LogP) is 1.81. The summed E-state index contributed by atoms with van der Waals surface area (Å²) >= 11 is 0. The summed E-state index contributed by atoms with van der Waals surface area (Å²) in [6, 6.07) is 6.80. The Balaban J connectivity index is 2.16. The first kappa shape index (κ1) is 9.46. The molecule has 0 bridgehead atoms. The maximum absolute atomic E-state index is 13.5. The van der Waals surface area contributed by atoms with E-state index in [0.717, 1.165) is 12.1 Å². The maximum Gasteiger partial charge on any atom is 0.115 e. The van der Waals surface area contributed by atoms with E-state index in [1.165, 1.54) is 0 Å². The first-order chi connectivity index (χ1) is 6.77. The van der Waals surface area contributed by atoms with Crippen LogP contribution in [-0.2, 0) is 0 Å². The normalized spacial score (nSPS) is 27.5. The topological polar surface area (TPSA) is 32.3 Å². The fourth-order valence-corrected chi connectivity index (χ4v) is 1.87. The molecule has 1 fully saturated rings. The van der Waals surface area contributed by atoms with Crippen molar-refractivity contribution in [3.8, 4) is 5.75 Å². The summed E-state index contributed by atoms with van der Waals surface area (Å²) in [4.78, 5) is 0. The van der Waals surface area contributed by atoms with Gasteiger partial charge in [-0.1, -0.05) is 12.1 Å². The number of piperidine rings is 1. The van der Waals surface area contributed by atoms with Gasteiger partial charge in [0, 0.05) is 12.5 Å². The lowest BCUT2D eigenvalue weighted by atomic mass is 9.90. The zero-order valence-corrected chi connectivity index (χ0v) is 7.91. The van der Waals surface area contributed by atoms with Crippen molar-refractivity contribution < 1.29 is 9.50 Å². The molecule has 2 nitrogen and oxygen atoms in total. The van der Waals surface area contributed by atoms with E-state index in [1.54, 1.807) is 24.3 Å². The Labute approximate surface area is 82.8 Å². The van der Waals surface area contributed by atoms with E-state index in [-0.39, 0.29) is 11.7 Å². The summed E-state index contributed by atoms with van der Waals surface area (Å²) in [5.74, 6) is 0.164. The van der Waals surface area contributed by atoms with E-state index in [1.807, 2.05) is 0 Å². The molecule has 1 saturated heterocycles. The Hall–Kier alpha value is -1.09. The van der Waals surface area contributed by atoms with Crippen LogP contribution in [0.2, 0.25) is 0 Å². The van der Waals surface area contributed by atoms with Gasteiger partial charge in [0.1, 0.15) is 11.9 Å². The highest BCUT2D eigenvalue weighted by Crippen LogP contribution is 2.27. The van der Waals surface area contributed by atoms with Crippen molar-refractivity contribution in [1.82, 2.24) is 5.32 Å². The second kappa shape index (κ2) is 3.96. The summed E-state index contributed by atoms with van der Waals surface area (Å²) in [6.45, 7) is 1.45. The van der Waals surface area contributed by atoms with Gasteiger partial charge >= 0.3 is 0 Å². The van der Waals surface area contributed by atoms with Crippen molar-refractivity contribution in [3.05, 3.63) is 29.8 Å². The average molecular weight is 195 g/mol. The molecule has 76 valence electrons. The molecule has 1 aliphatic rings. The van der Waals surface area contributed by atoms with Crippen molar-refractivity contribution in [2.24, 2.45) is 0 Å². The Morgan fingerprint density at radius 2 is 2.00 bits per heavy atom. The van der Waals surface area contributed by atoms with Gasteiger partial charge in [-0.25, -0.2) is 4.39 Å². The third kappa shape index (κ3) is 1.87. The number of aromatic hydroxyl groups is 1. The standard InChI is InChI=1S/C11H14FNO/c12-11-5-6-13-7-10(11)8-1-3-9(14)4-2-8/h1-4,10-11,13-14H,5-7H2. The predicted molar refractivity (Wildman–Crippen MR) is 53.2 cm³/mol. The van der Waals surface area contributed by atoms with Crippen molar-refractivity contribution in [2.45, 2.75) is 18.5 Å². The second-order valence-corrected chi connectivity index (χ2v) is 3.71. The van der Waals surface area contributed by atoms with E-state index in [2.05, 4.69) is 5.32 Å². The minimum atomic E-state index is -0.763. The van der Waals surface area contributed by atoms with E-state index in [0.29, 0.717) is 13.0 Å². The maximum atomic E-state index is 13.5. The van der Waals surface area contributed by atoms with Crippen LogP contribution >= 0.6 is 0 Å². The smallest absolute Gasteiger partial charge is 0.115 e. The number of rotatable bonds is 1. The Kier molecular flexibility index (Phi) is 2.68. The van der Waals surface area contributed by atoms with Crippen LogP contribution in [0.5, 0.6) is 5.75 Å². The molecule has 0 radical (unpaired) electrons. The minimum Gasteiger partial charge on any atom is -0.508 e. The molecule has 1 heterocycles. The fraction of sp³-hybridized carbons (Fsp3) is 0.455. The molecule has 0 spiro atoms. The van der Waals surface area contributed by atoms with E-state index >= 15 is 0 Å². The molecule has 3 heteroatoms. The van der Waals surface area contributed by atoms with Gasteiger partial charge in [-0.15, -0.1) is 0 Å². The molecular formula is C11H14FNO. The monoisotopic (exact) mass is 195 g/mol. The first-order valence-electron chi connectivity index (χ1n) is 4.91. The SMILES string of the molecule is Oc1ccc(C2CNCCC2F)cc1. The summed E-state index contributed by atoms with van der Waals surface area (Å²) in [5, 5.41) is 12.3. The van der Waals surface area contributed by atoms with Crippen LogP contribution in [0.15, 0.2) is 24.3 Å². The van der Waals surface area contributed by atoms with Gasteiger partial charge in [0.15, 0.2) is 0 Å². The van der Waals surface area contributed by atoms with Gasteiger partial charge in [0.05, 0.1) is 0 Å². The summed E-state index contributed by atoms with van der Waals surface area (Å²) < 4.78 is 13.5. The second-order valence-electron chi connectivity index (χ2n) is 3.71. The van der Waals surface area contributed by atoms with Crippen LogP contribution in [0.4, 0.5) is 4.39 Å². The highest BCUT2D eigenvalue weighted by molar-refractivity contribution is 5.29. The number of alkyl halides is 1. The number of phenolic OH excluding ortho intramolecular Hbond substituents is 1. The van der Waals surface area contributed by atoms with Crippen LogP contribution in [0.25, 0.3) is 0 Å². The van der Waals surface area contributed by atoms with Crippen molar-refractivity contribution in [3.63, 3.8) is 0 Å². The molecule has 2 unspecified atom stereocenters. The molecular weight excluding hydrogens is 181 g/mol. The molecule has 1 aliphatic heterocycles. The zero-order chi connectivity index (χ0) is 9.97. The molecule has 0 saturated carbocycles. The van der Waals surface area contributed by atoms with Gasteiger partial charge in [-0.3, -0.25) is 0 Å². The Bertz CT molecular complexity index is 299. The lowest BCUT2D eigenvalue weighted by Gasteiger charge is -2.27. The summed E-state index contributed by atoms with van der Waals surface area (Å²) in [5.41, 5.74) is 0.961. The van der Waals surface area contributed by atoms with Crippen molar-refractivity contribution >= 4 is 0 Å². The van der Waals surface area contributed by atoms with Crippen LogP contribution < -0.4 is 5.32 Å². The summed E-state index contributed by atoms with van der Waals surface area (Å²) in [6.07, 6.45) is -0.188. The number of hydrogen-bond donors (Lipinski definition) is 2. The molecule has 0 aromatic heterocycles. The minimum absolute atomic E-state index is 0.0654. The van der Waals surface area contributed by atoms with Gasteiger partial charge in [0.25, 0.3) is 0 Å². The number of phenols is 1. The van der Waals surface area contributed by atoms with Crippen molar-refractivity contribution in [2.75, 3.05) is 13.1 Å². The van der Waals surface area contributed by atoms with Crippen LogP contribution in [0, 0.1) is 0 Å². The van der Waals surface area contributed by atoms with Gasteiger partial charge in [0.2, 0.25) is 0 Å². The molecule has 0 amide bonds. The number of halogens is 1. The lowest BCUT2D eigenvalue weighted by molar-refractivity contribution is 0.228. The lowest BCUT2D eigenvalue weighted by Crippen LogP contribution is -2.36. The van der Waals surface area contributed by atoms with Gasteiger partial charge in [-0.2, -0.15) is 0 Å². The van der Waals surface area contributed by atoms with Gasteiger partial charge < -0.3 is 10.4 Å². The molecule has 2 N–H and O–H groups in total. The van der Waals surface area contributed by atoms with E-state index in [9.17, 15) is 4.39 Å². The fourth-order valence-electron chi connectivity index (χ4n) is 1.87. The van der Waals surface area contributed by atoms with Crippen LogP contribution in [-0.4, -0.2) is 24.4 Å². The van der Waals surface area contributed by atoms with Crippen LogP contribution in [0.1, 0.15) is 17.9 Å². The Morgan fingerprint density at radius 1 is 1.29 bits per heavy atom. The Morgan fingerprint density at radius 3 is 2.64 bits per heavy atom. The van der Waals surface area contributed by atoms with Gasteiger partial charge in [-0.05, 0) is 30.7 Å². The van der Waals surface area contributed by atoms with E-state index < -0.39 is 6.17 Å². The van der Waals surface area contributed by atoms with Crippen LogP contribution in [0.3, 0.4) is 0 Å². The summed E-state index contributed by atoms with van der Waals surface area (Å²) in [7, 11) is 0. The molecule has 2 rings (SSSR count). The zero-order valence-electron chi connectivity index (χ0n) is 7.91. The number of benzene rings is 1. The third-order valence-electron chi connectivity index (χ3n) is 2.72. The number of nitrogens with one attached hydrogen (secondary N) is 1. The molecule has 1 aromatic rings. The molecule has 14 heavy (non-hydrogen) atoms. The largest absolute Gasteiger partial charge is 0.508 e. The third-order valence-corrected chi connectivity index (χ3v) is 2.72. The molecule has 1 aromatic carbocycles. The number of hydrogen-bond acceptors (Lipinski definition) is 2. The first-order valence-corrected chi connectivity index (χ1v) is 4.91. The van der Waals surface area contributed by atoms with Crippen molar-refractivity contribution in [1.29, 1.82) is 0 Å². The molecule has 0 aliphatic carbocycles.